The Morgan fingerprint density at radius 2 is 1.67 bits per heavy atom. The first-order chi connectivity index (χ1) is 18.6. The number of nitrogens with one attached hydrogen (secondary N) is 1. The summed E-state index contributed by atoms with van der Waals surface area (Å²) in [5.74, 6) is 1.08. The summed E-state index contributed by atoms with van der Waals surface area (Å²) in [6, 6.07) is 3.24. The topological polar surface area (TPSA) is 127 Å². The molecule has 10 nitrogen and oxygen atoms in total. The van der Waals surface area contributed by atoms with Crippen molar-refractivity contribution in [2.75, 3.05) is 46.3 Å². The first kappa shape index (κ1) is 29.3. The van der Waals surface area contributed by atoms with Gasteiger partial charge >= 0.3 is 6.09 Å². The van der Waals surface area contributed by atoms with E-state index in [1.165, 1.54) is 21.3 Å². The van der Waals surface area contributed by atoms with Crippen LogP contribution in [0.15, 0.2) is 12.1 Å². The number of likely N-dealkylation sites (tertiary alicyclic amines) is 1. The Morgan fingerprint density at radius 3 is 2.23 bits per heavy atom. The molecule has 39 heavy (non-hydrogen) atoms. The van der Waals surface area contributed by atoms with Crippen LogP contribution in [0.4, 0.5) is 10.5 Å². The Balaban J connectivity index is 1.50. The molecule has 6 atom stereocenters. The molecule has 1 aliphatic heterocycles. The molecule has 2 amide bonds. The van der Waals surface area contributed by atoms with Crippen molar-refractivity contribution < 1.29 is 38.7 Å². The molecule has 4 rings (SSSR count). The number of benzene rings is 1. The van der Waals surface area contributed by atoms with Crippen LogP contribution in [0.25, 0.3) is 0 Å². The van der Waals surface area contributed by atoms with Gasteiger partial charge in [-0.25, -0.2) is 4.79 Å². The van der Waals surface area contributed by atoms with Crippen molar-refractivity contribution in [3.63, 3.8) is 0 Å². The molecule has 1 saturated heterocycles. The lowest BCUT2D eigenvalue weighted by Crippen LogP contribution is -2.61. The molecule has 2 aliphatic carbocycles. The summed E-state index contributed by atoms with van der Waals surface area (Å²) in [4.78, 5) is 28.1. The van der Waals surface area contributed by atoms with Crippen molar-refractivity contribution in [1.82, 2.24) is 4.90 Å². The van der Waals surface area contributed by atoms with E-state index in [4.69, 9.17) is 18.9 Å². The van der Waals surface area contributed by atoms with Gasteiger partial charge in [0.1, 0.15) is 6.10 Å². The third-order valence-corrected chi connectivity index (χ3v) is 9.69. The minimum atomic E-state index is -0.727. The molecule has 1 aromatic carbocycles. The zero-order valence-electron chi connectivity index (χ0n) is 23.8. The van der Waals surface area contributed by atoms with Gasteiger partial charge in [-0.15, -0.1) is 0 Å². The van der Waals surface area contributed by atoms with Crippen LogP contribution in [0, 0.1) is 22.7 Å². The highest BCUT2D eigenvalue weighted by atomic mass is 16.6. The van der Waals surface area contributed by atoms with Gasteiger partial charge in [-0.3, -0.25) is 10.1 Å². The summed E-state index contributed by atoms with van der Waals surface area (Å²) in [6.07, 6.45) is 3.07. The Morgan fingerprint density at radius 1 is 1.03 bits per heavy atom. The van der Waals surface area contributed by atoms with Gasteiger partial charge in [-0.1, -0.05) is 13.8 Å². The number of rotatable bonds is 8. The molecule has 0 unspecified atom stereocenters. The highest BCUT2D eigenvalue weighted by molar-refractivity contribution is 5.86. The summed E-state index contributed by atoms with van der Waals surface area (Å²) >= 11 is 0. The number of hydrogen-bond donors (Lipinski definition) is 3. The van der Waals surface area contributed by atoms with E-state index in [1.807, 2.05) is 11.8 Å². The number of methoxy groups -OCH3 is 3. The molecule has 0 bridgehead atoms. The number of carbonyl (C=O) groups is 2. The van der Waals surface area contributed by atoms with Gasteiger partial charge in [0, 0.05) is 37.1 Å². The van der Waals surface area contributed by atoms with Crippen molar-refractivity contribution >= 4 is 17.7 Å². The van der Waals surface area contributed by atoms with Crippen LogP contribution in [0.3, 0.4) is 0 Å². The maximum absolute atomic E-state index is 13.1. The zero-order chi connectivity index (χ0) is 28.4. The summed E-state index contributed by atoms with van der Waals surface area (Å²) in [6.45, 7) is 5.50. The van der Waals surface area contributed by atoms with Crippen molar-refractivity contribution in [3.8, 4) is 17.2 Å². The average molecular weight is 549 g/mol. The number of ether oxygens (including phenoxy) is 4. The number of fused-ring (bicyclic) bond motifs is 1. The predicted molar refractivity (Wildman–Crippen MR) is 145 cm³/mol. The molecule has 218 valence electrons. The first-order valence-electron chi connectivity index (χ1n) is 14.0. The van der Waals surface area contributed by atoms with Gasteiger partial charge in [0.25, 0.3) is 0 Å². The van der Waals surface area contributed by atoms with Gasteiger partial charge in [0.05, 0.1) is 39.7 Å². The van der Waals surface area contributed by atoms with Crippen molar-refractivity contribution in [1.29, 1.82) is 0 Å². The van der Waals surface area contributed by atoms with Crippen molar-refractivity contribution in [2.24, 2.45) is 22.7 Å². The van der Waals surface area contributed by atoms with Crippen LogP contribution in [-0.4, -0.2) is 80.3 Å². The fraction of sp³-hybridized carbons (Fsp3) is 0.724. The minimum Gasteiger partial charge on any atom is -0.493 e. The molecule has 3 aliphatic rings. The van der Waals surface area contributed by atoms with E-state index in [0.717, 1.165) is 25.9 Å². The van der Waals surface area contributed by atoms with E-state index in [9.17, 15) is 19.8 Å². The van der Waals surface area contributed by atoms with E-state index in [-0.39, 0.29) is 29.8 Å². The molecule has 0 spiro atoms. The fourth-order valence-electron chi connectivity index (χ4n) is 7.49. The zero-order valence-corrected chi connectivity index (χ0v) is 23.8. The second-order valence-electron chi connectivity index (χ2n) is 11.7. The molecule has 2 saturated carbocycles. The first-order valence-corrected chi connectivity index (χ1v) is 14.0. The maximum Gasteiger partial charge on any atom is 0.411 e. The van der Waals surface area contributed by atoms with Crippen LogP contribution >= 0.6 is 0 Å². The Labute approximate surface area is 230 Å². The molecule has 1 heterocycles. The number of nitrogens with zero attached hydrogens (tertiary/aromatic N) is 1. The number of amides is 2. The lowest BCUT2D eigenvalue weighted by atomic mass is 9.46. The molecule has 3 fully saturated rings. The summed E-state index contributed by atoms with van der Waals surface area (Å²) in [7, 11) is 4.50. The smallest absolute Gasteiger partial charge is 0.411 e. The molecule has 0 radical (unpaired) electrons. The Kier molecular flexibility index (Phi) is 8.85. The normalized spacial score (nSPS) is 32.2. The van der Waals surface area contributed by atoms with E-state index >= 15 is 0 Å². The second-order valence-corrected chi connectivity index (χ2v) is 11.7. The largest absolute Gasteiger partial charge is 0.493 e. The predicted octanol–water partition coefficient (Wildman–Crippen LogP) is 3.83. The van der Waals surface area contributed by atoms with Crippen LogP contribution in [0.5, 0.6) is 17.2 Å². The van der Waals surface area contributed by atoms with E-state index in [0.29, 0.717) is 55.0 Å². The molecule has 0 aromatic heterocycles. The van der Waals surface area contributed by atoms with Gasteiger partial charge in [-0.05, 0) is 55.8 Å². The number of aliphatic hydroxyl groups is 2. The van der Waals surface area contributed by atoms with Gasteiger partial charge < -0.3 is 34.1 Å². The molecule has 10 heteroatoms. The number of hydrogen-bond acceptors (Lipinski definition) is 8. The monoisotopic (exact) mass is 548 g/mol. The van der Waals surface area contributed by atoms with E-state index in [2.05, 4.69) is 12.2 Å². The Bertz CT molecular complexity index is 1020. The molecular weight excluding hydrogens is 504 g/mol. The summed E-state index contributed by atoms with van der Waals surface area (Å²) in [5.41, 5.74) is -0.672. The minimum absolute atomic E-state index is 0.0255. The van der Waals surface area contributed by atoms with Crippen molar-refractivity contribution in [2.45, 2.75) is 71.0 Å². The van der Waals surface area contributed by atoms with Gasteiger partial charge in [0.2, 0.25) is 11.7 Å². The highest BCUT2D eigenvalue weighted by Gasteiger charge is 2.60. The van der Waals surface area contributed by atoms with E-state index in [1.54, 1.807) is 12.1 Å². The van der Waals surface area contributed by atoms with E-state index < -0.39 is 23.7 Å². The quantitative estimate of drug-likeness (QED) is 0.448. The van der Waals surface area contributed by atoms with Crippen LogP contribution < -0.4 is 19.5 Å². The molecule has 1 aromatic rings. The highest BCUT2D eigenvalue weighted by Crippen LogP contribution is 2.61. The summed E-state index contributed by atoms with van der Waals surface area (Å²) < 4.78 is 22.1. The number of anilines is 1. The Hall–Kier alpha value is -2.72. The second kappa shape index (κ2) is 11.8. The SMILES string of the molecule is COc1cc(NC(=O)O[C@@H]2CC[C@]3(C)[C@@H](CC[C@@H](O)[C@H]3CC(=O)N3CCCC3)[C@]2(C)CO)cc(OC)c1OC. The average Bonchev–Trinajstić information content (AvgIpc) is 3.47. The third-order valence-electron chi connectivity index (χ3n) is 9.69. The lowest BCUT2D eigenvalue weighted by Gasteiger charge is -2.60. The van der Waals surface area contributed by atoms with Gasteiger partial charge in [0.15, 0.2) is 11.5 Å². The molecule has 3 N–H and O–H groups in total. The standard InChI is InChI=1S/C29H44N2O8/c1-28-11-10-24(39-27(35)30-18-14-21(36-3)26(38-5)22(15-18)37-4)29(2,17-32)23(28)9-8-20(33)19(28)16-25(34)31-12-6-7-13-31/h14-15,19-20,23-24,32-33H,6-13,16-17H2,1-5H3,(H,30,35)/t19-,20-,23-,24-,28+,29+/m1/s1. The molecular formula is C29H44N2O8. The number of aliphatic hydroxyl groups excluding tert-OH is 2. The van der Waals surface area contributed by atoms with Crippen LogP contribution in [0.2, 0.25) is 0 Å². The van der Waals surface area contributed by atoms with Crippen molar-refractivity contribution in [3.05, 3.63) is 12.1 Å². The van der Waals surface area contributed by atoms with Crippen LogP contribution in [0.1, 0.15) is 58.8 Å². The fourth-order valence-corrected chi connectivity index (χ4v) is 7.49. The third kappa shape index (κ3) is 5.50. The number of carbonyl (C=O) groups excluding carboxylic acids is 2. The lowest BCUT2D eigenvalue weighted by molar-refractivity contribution is -0.186. The summed E-state index contributed by atoms with van der Waals surface area (Å²) in [5, 5.41) is 24.5. The van der Waals surface area contributed by atoms with Crippen LogP contribution in [-0.2, 0) is 9.53 Å². The van der Waals surface area contributed by atoms with Gasteiger partial charge in [-0.2, -0.15) is 0 Å². The maximum atomic E-state index is 13.1.